The third-order valence-electron chi connectivity index (χ3n) is 5.63. The zero-order valence-corrected chi connectivity index (χ0v) is 20.6. The zero-order valence-electron chi connectivity index (χ0n) is 20.6. The van der Waals surface area contributed by atoms with Gasteiger partial charge in [0.1, 0.15) is 0 Å². The van der Waals surface area contributed by atoms with Crippen molar-refractivity contribution in [3.8, 4) is 6.19 Å². The van der Waals surface area contributed by atoms with E-state index < -0.39 is 0 Å². The number of hydrogen-bond donors (Lipinski definition) is 3. The number of hydrogen-bond acceptors (Lipinski definition) is 5. The Morgan fingerprint density at radius 2 is 1.47 bits per heavy atom. The highest BCUT2D eigenvalue weighted by Crippen LogP contribution is 2.24. The molecule has 0 aliphatic carbocycles. The minimum atomic E-state index is -0.318. The van der Waals surface area contributed by atoms with E-state index in [4.69, 9.17) is 5.26 Å². The molecule has 36 heavy (non-hydrogen) atoms. The summed E-state index contributed by atoms with van der Waals surface area (Å²) in [7, 11) is 2.07. The summed E-state index contributed by atoms with van der Waals surface area (Å²) in [5.74, 6) is 0.118. The van der Waals surface area contributed by atoms with Gasteiger partial charge < -0.3 is 15.5 Å². The van der Waals surface area contributed by atoms with E-state index in [1.54, 1.807) is 24.5 Å². The molecule has 0 radical (unpaired) electrons. The van der Waals surface area contributed by atoms with E-state index in [2.05, 4.69) is 37.9 Å². The summed E-state index contributed by atoms with van der Waals surface area (Å²) in [5.41, 5.74) is 2.70. The molecule has 3 rings (SSSR count). The van der Waals surface area contributed by atoms with Gasteiger partial charge in [0.25, 0.3) is 0 Å². The van der Waals surface area contributed by atoms with Gasteiger partial charge in [-0.3, -0.25) is 15.1 Å². The molecule has 0 unspecified atom stereocenters. The maximum atomic E-state index is 13.1. The number of aliphatic imine (C=N–C) groups is 1. The van der Waals surface area contributed by atoms with E-state index in [9.17, 15) is 4.79 Å². The number of nitrogens with one attached hydrogen (secondary N) is 3. The van der Waals surface area contributed by atoms with Crippen molar-refractivity contribution < 1.29 is 4.79 Å². The predicted octanol–water partition coefficient (Wildman–Crippen LogP) is 3.39. The molecule has 0 aliphatic heterocycles. The van der Waals surface area contributed by atoms with Crippen LogP contribution in [0.4, 0.5) is 5.69 Å². The number of pyridine rings is 1. The first-order valence-corrected chi connectivity index (χ1v) is 12.1. The molecule has 1 aromatic heterocycles. The van der Waals surface area contributed by atoms with Crippen LogP contribution in [0.3, 0.4) is 0 Å². The summed E-state index contributed by atoms with van der Waals surface area (Å²) in [6.07, 6.45) is 6.96. The van der Waals surface area contributed by atoms with Crippen LogP contribution < -0.4 is 16.0 Å². The fourth-order valence-corrected chi connectivity index (χ4v) is 3.83. The molecule has 0 atom stereocenters. The average Bonchev–Trinajstić information content (AvgIpc) is 2.91. The number of carbonyl (C=O) groups is 1. The summed E-state index contributed by atoms with van der Waals surface area (Å²) < 4.78 is 0. The number of nitriles is 1. The van der Waals surface area contributed by atoms with Crippen LogP contribution >= 0.6 is 0 Å². The van der Waals surface area contributed by atoms with Gasteiger partial charge in [-0.1, -0.05) is 60.7 Å². The third-order valence-corrected chi connectivity index (χ3v) is 5.63. The van der Waals surface area contributed by atoms with E-state index in [-0.39, 0.29) is 11.8 Å². The summed E-state index contributed by atoms with van der Waals surface area (Å²) >= 11 is 0. The number of aromatic nitrogens is 1. The lowest BCUT2D eigenvalue weighted by Crippen LogP contribution is -2.36. The molecular weight excluding hydrogens is 450 g/mol. The van der Waals surface area contributed by atoms with Gasteiger partial charge in [0, 0.05) is 25.5 Å². The van der Waals surface area contributed by atoms with Crippen molar-refractivity contribution in [2.75, 3.05) is 33.2 Å². The molecule has 0 saturated carbocycles. The van der Waals surface area contributed by atoms with Crippen molar-refractivity contribution in [1.82, 2.24) is 25.8 Å². The number of benzene rings is 2. The SMILES string of the molecule is CN(CCCNC(=O)C(c1ccccc1)c1ccccc1)CCCN/C(=N\c1ccncc1)NC#N. The summed E-state index contributed by atoms with van der Waals surface area (Å²) in [6.45, 7) is 3.05. The van der Waals surface area contributed by atoms with Gasteiger partial charge in [-0.05, 0) is 56.2 Å². The molecule has 0 spiro atoms. The summed E-state index contributed by atoms with van der Waals surface area (Å²) in [4.78, 5) is 23.6. The molecule has 2 aromatic carbocycles. The van der Waals surface area contributed by atoms with Gasteiger partial charge in [-0.2, -0.15) is 5.26 Å². The largest absolute Gasteiger partial charge is 0.355 e. The number of guanidine groups is 1. The maximum Gasteiger partial charge on any atom is 0.232 e. The van der Waals surface area contributed by atoms with Crippen molar-refractivity contribution in [3.63, 3.8) is 0 Å². The monoisotopic (exact) mass is 483 g/mol. The third kappa shape index (κ3) is 8.85. The Morgan fingerprint density at radius 1 is 0.917 bits per heavy atom. The zero-order chi connectivity index (χ0) is 25.4. The molecule has 0 fully saturated rings. The number of carbonyl (C=O) groups excluding carboxylic acids is 1. The highest BCUT2D eigenvalue weighted by Gasteiger charge is 2.21. The lowest BCUT2D eigenvalue weighted by Gasteiger charge is -2.19. The average molecular weight is 484 g/mol. The Bertz CT molecular complexity index is 1080. The minimum Gasteiger partial charge on any atom is -0.355 e. The van der Waals surface area contributed by atoms with Crippen LogP contribution in [0.2, 0.25) is 0 Å². The standard InChI is InChI=1S/C28H33N7O/c1-35(21-9-17-32-28(33-22-29)34-25-14-18-30-19-15-25)20-8-16-31-27(36)26(23-10-4-2-5-11-23)24-12-6-3-7-13-24/h2-7,10-15,18-19,26H,8-9,16-17,20-21H2,1H3,(H,31,36)(H2,30,32,33,34). The summed E-state index contributed by atoms with van der Waals surface area (Å²) in [6, 6.07) is 23.3. The topological polar surface area (TPSA) is 105 Å². The minimum absolute atomic E-state index is 0.0188. The predicted molar refractivity (Wildman–Crippen MR) is 143 cm³/mol. The summed E-state index contributed by atoms with van der Waals surface area (Å²) in [5, 5.41) is 17.8. The molecule has 3 N–H and O–H groups in total. The van der Waals surface area contributed by atoms with Crippen molar-refractivity contribution in [3.05, 3.63) is 96.3 Å². The highest BCUT2D eigenvalue weighted by molar-refractivity contribution is 5.87. The molecule has 0 bridgehead atoms. The van der Waals surface area contributed by atoms with Gasteiger partial charge in [0.15, 0.2) is 6.19 Å². The first kappa shape index (κ1) is 26.4. The van der Waals surface area contributed by atoms with Crippen molar-refractivity contribution in [2.45, 2.75) is 18.8 Å². The van der Waals surface area contributed by atoms with E-state index in [0.717, 1.165) is 42.7 Å². The molecule has 8 heteroatoms. The maximum absolute atomic E-state index is 13.1. The Morgan fingerprint density at radius 3 is 2.03 bits per heavy atom. The second-order valence-corrected chi connectivity index (χ2v) is 8.39. The van der Waals surface area contributed by atoms with Crippen LogP contribution in [0.25, 0.3) is 0 Å². The van der Waals surface area contributed by atoms with Crippen molar-refractivity contribution in [1.29, 1.82) is 5.26 Å². The van der Waals surface area contributed by atoms with E-state index in [1.165, 1.54) is 0 Å². The molecule has 8 nitrogen and oxygen atoms in total. The Kier molecular flexibility index (Phi) is 10.9. The molecule has 1 heterocycles. The van der Waals surface area contributed by atoms with Crippen LogP contribution in [0.5, 0.6) is 0 Å². The van der Waals surface area contributed by atoms with Crippen LogP contribution in [0, 0.1) is 11.5 Å². The van der Waals surface area contributed by atoms with Gasteiger partial charge >= 0.3 is 0 Å². The molecule has 3 aromatic rings. The lowest BCUT2D eigenvalue weighted by atomic mass is 9.90. The van der Waals surface area contributed by atoms with Gasteiger partial charge in [-0.15, -0.1) is 0 Å². The Labute approximate surface area is 213 Å². The fraction of sp³-hybridized carbons (Fsp3) is 0.286. The molecule has 186 valence electrons. The second kappa shape index (κ2) is 14.9. The lowest BCUT2D eigenvalue weighted by molar-refractivity contribution is -0.121. The van der Waals surface area contributed by atoms with Gasteiger partial charge in [0.2, 0.25) is 11.9 Å². The van der Waals surface area contributed by atoms with Gasteiger partial charge in [0.05, 0.1) is 11.6 Å². The number of nitrogens with zero attached hydrogens (tertiary/aromatic N) is 4. The Balaban J connectivity index is 1.38. The van der Waals surface area contributed by atoms with Crippen molar-refractivity contribution in [2.24, 2.45) is 4.99 Å². The van der Waals surface area contributed by atoms with E-state index in [0.29, 0.717) is 19.0 Å². The first-order chi connectivity index (χ1) is 17.7. The van der Waals surface area contributed by atoms with E-state index >= 15 is 0 Å². The number of amides is 1. The van der Waals surface area contributed by atoms with Crippen molar-refractivity contribution >= 4 is 17.6 Å². The van der Waals surface area contributed by atoms with E-state index in [1.807, 2.05) is 66.9 Å². The number of rotatable bonds is 12. The fourth-order valence-electron chi connectivity index (χ4n) is 3.83. The van der Waals surface area contributed by atoms with Crippen LogP contribution in [0.15, 0.2) is 90.2 Å². The molecule has 0 aliphatic rings. The van der Waals surface area contributed by atoms with Gasteiger partial charge in [-0.25, -0.2) is 4.99 Å². The smallest absolute Gasteiger partial charge is 0.232 e. The van der Waals surface area contributed by atoms with Crippen LogP contribution in [0.1, 0.15) is 29.9 Å². The normalized spacial score (nSPS) is 11.2. The first-order valence-electron chi connectivity index (χ1n) is 12.1. The molecule has 1 amide bonds. The quantitative estimate of drug-likeness (QED) is 0.120. The highest BCUT2D eigenvalue weighted by atomic mass is 16.1. The van der Waals surface area contributed by atoms with Crippen LogP contribution in [-0.2, 0) is 4.79 Å². The molecule has 0 saturated heterocycles. The second-order valence-electron chi connectivity index (χ2n) is 8.39. The van der Waals surface area contributed by atoms with Crippen LogP contribution in [-0.4, -0.2) is 55.0 Å². The Hall–Kier alpha value is -4.22. The molecular formula is C28H33N7O.